The molecule has 5 nitrogen and oxygen atoms in total. The van der Waals surface area contributed by atoms with Gasteiger partial charge < -0.3 is 10.5 Å². The topological polar surface area (TPSA) is 81.4 Å². The first-order chi connectivity index (χ1) is 9.60. The minimum Gasteiger partial charge on any atom is -0.491 e. The van der Waals surface area contributed by atoms with Gasteiger partial charge in [0, 0.05) is 17.0 Å². The van der Waals surface area contributed by atoms with Gasteiger partial charge in [-0.05, 0) is 18.2 Å². The third kappa shape index (κ3) is 2.45. The van der Waals surface area contributed by atoms with Crippen LogP contribution < -0.4 is 15.2 Å². The monoisotopic (exact) mass is 310 g/mol. The molecule has 0 amide bonds. The van der Waals surface area contributed by atoms with Crippen LogP contribution in [-0.4, -0.2) is 15.0 Å². The number of benzene rings is 1. The standard InChI is InChI=1S/C13H14N2O3S2/c14-7-9-5-6-13(19-9)20(16,17)15-11-8-18-12-4-2-1-3-10(11)12/h1-6,11,15H,7-8,14H2. The Kier molecular flexibility index (Phi) is 3.51. The van der Waals surface area contributed by atoms with Crippen LogP contribution in [0.4, 0.5) is 0 Å². The second-order valence-corrected chi connectivity index (χ2v) is 7.56. The Labute approximate surface area is 121 Å². The summed E-state index contributed by atoms with van der Waals surface area (Å²) in [5.41, 5.74) is 6.38. The molecule has 2 aromatic rings. The SMILES string of the molecule is NCc1ccc(S(=O)(=O)NC2COc3ccccc32)s1. The van der Waals surface area contributed by atoms with E-state index in [9.17, 15) is 8.42 Å². The minimum atomic E-state index is -3.54. The fourth-order valence-corrected chi connectivity index (χ4v) is 4.57. The lowest BCUT2D eigenvalue weighted by atomic mass is 10.1. The highest BCUT2D eigenvalue weighted by Gasteiger charge is 2.29. The average molecular weight is 310 g/mol. The number of rotatable bonds is 4. The number of hydrogen-bond acceptors (Lipinski definition) is 5. The van der Waals surface area contributed by atoms with Crippen molar-refractivity contribution in [2.45, 2.75) is 16.8 Å². The van der Waals surface area contributed by atoms with Gasteiger partial charge in [0.25, 0.3) is 10.0 Å². The first-order valence-electron chi connectivity index (χ1n) is 6.13. The van der Waals surface area contributed by atoms with Crippen LogP contribution in [0.25, 0.3) is 0 Å². The van der Waals surface area contributed by atoms with Gasteiger partial charge in [-0.2, -0.15) is 4.72 Å². The third-order valence-corrected chi connectivity index (χ3v) is 6.17. The number of para-hydroxylation sites is 1. The van der Waals surface area contributed by atoms with Crippen molar-refractivity contribution < 1.29 is 13.2 Å². The summed E-state index contributed by atoms with van der Waals surface area (Å²) >= 11 is 1.19. The molecule has 1 aromatic carbocycles. The molecular weight excluding hydrogens is 296 g/mol. The van der Waals surface area contributed by atoms with Crippen molar-refractivity contribution in [2.75, 3.05) is 6.61 Å². The summed E-state index contributed by atoms with van der Waals surface area (Å²) in [6.07, 6.45) is 0. The fraction of sp³-hybridized carbons (Fsp3) is 0.231. The summed E-state index contributed by atoms with van der Waals surface area (Å²) in [6, 6.07) is 10.4. The Balaban J connectivity index is 1.84. The van der Waals surface area contributed by atoms with Crippen LogP contribution in [0.1, 0.15) is 16.5 Å². The number of fused-ring (bicyclic) bond motifs is 1. The molecule has 1 unspecified atom stereocenters. The van der Waals surface area contributed by atoms with Crippen LogP contribution in [0.5, 0.6) is 5.75 Å². The summed E-state index contributed by atoms with van der Waals surface area (Å²) in [7, 11) is -3.54. The van der Waals surface area contributed by atoms with E-state index in [0.717, 1.165) is 16.2 Å². The summed E-state index contributed by atoms with van der Waals surface area (Å²) in [6.45, 7) is 0.656. The van der Waals surface area contributed by atoms with E-state index in [1.54, 1.807) is 12.1 Å². The summed E-state index contributed by atoms with van der Waals surface area (Å²) in [4.78, 5) is 0.841. The number of nitrogens with one attached hydrogen (secondary N) is 1. The Morgan fingerprint density at radius 3 is 2.85 bits per heavy atom. The van der Waals surface area contributed by atoms with Crippen LogP contribution in [0, 0.1) is 0 Å². The van der Waals surface area contributed by atoms with Crippen LogP contribution in [0.15, 0.2) is 40.6 Å². The van der Waals surface area contributed by atoms with E-state index in [2.05, 4.69) is 4.72 Å². The largest absolute Gasteiger partial charge is 0.491 e. The lowest BCUT2D eigenvalue weighted by molar-refractivity contribution is 0.325. The number of hydrogen-bond donors (Lipinski definition) is 2. The molecule has 1 aromatic heterocycles. The lowest BCUT2D eigenvalue weighted by Crippen LogP contribution is -2.29. The smallest absolute Gasteiger partial charge is 0.250 e. The van der Waals surface area contributed by atoms with E-state index in [0.29, 0.717) is 13.2 Å². The molecule has 3 N–H and O–H groups in total. The summed E-state index contributed by atoms with van der Waals surface area (Å²) < 4.78 is 33.1. The maximum atomic E-state index is 12.3. The Morgan fingerprint density at radius 2 is 2.10 bits per heavy atom. The molecule has 0 aliphatic carbocycles. The molecule has 2 heterocycles. The molecule has 20 heavy (non-hydrogen) atoms. The Morgan fingerprint density at radius 1 is 1.30 bits per heavy atom. The van der Waals surface area contributed by atoms with Crippen LogP contribution in [0.3, 0.4) is 0 Å². The quantitative estimate of drug-likeness (QED) is 0.899. The highest BCUT2D eigenvalue weighted by atomic mass is 32.2. The second kappa shape index (κ2) is 5.17. The van der Waals surface area contributed by atoms with Crippen molar-refractivity contribution in [3.63, 3.8) is 0 Å². The molecule has 1 atom stereocenters. The first-order valence-corrected chi connectivity index (χ1v) is 8.43. The van der Waals surface area contributed by atoms with Crippen molar-refractivity contribution in [3.8, 4) is 5.75 Å². The van der Waals surface area contributed by atoms with Gasteiger partial charge >= 0.3 is 0 Å². The average Bonchev–Trinajstić information content (AvgIpc) is 3.06. The third-order valence-electron chi connectivity index (χ3n) is 3.10. The van der Waals surface area contributed by atoms with Crippen LogP contribution in [-0.2, 0) is 16.6 Å². The molecule has 0 spiro atoms. The van der Waals surface area contributed by atoms with Crippen molar-refractivity contribution in [1.82, 2.24) is 4.72 Å². The molecule has 3 rings (SSSR count). The van der Waals surface area contributed by atoms with Gasteiger partial charge in [-0.1, -0.05) is 18.2 Å². The number of sulfonamides is 1. The molecule has 0 saturated heterocycles. The van der Waals surface area contributed by atoms with Gasteiger partial charge in [-0.25, -0.2) is 8.42 Å². The lowest BCUT2D eigenvalue weighted by Gasteiger charge is -2.11. The molecular formula is C13H14N2O3S2. The molecule has 0 bridgehead atoms. The zero-order valence-corrected chi connectivity index (χ0v) is 12.2. The predicted octanol–water partition coefficient (Wildman–Crippen LogP) is 1.62. The van der Waals surface area contributed by atoms with Gasteiger partial charge in [0.05, 0.1) is 6.04 Å². The zero-order chi connectivity index (χ0) is 14.2. The normalized spacial score (nSPS) is 17.8. The van der Waals surface area contributed by atoms with Crippen LogP contribution in [0.2, 0.25) is 0 Å². The van der Waals surface area contributed by atoms with Crippen molar-refractivity contribution in [2.24, 2.45) is 5.73 Å². The van der Waals surface area contributed by atoms with E-state index in [4.69, 9.17) is 10.5 Å². The Hall–Kier alpha value is -1.41. The first kappa shape index (κ1) is 13.6. The molecule has 7 heteroatoms. The minimum absolute atomic E-state index is 0.280. The molecule has 1 aliphatic rings. The van der Waals surface area contributed by atoms with Gasteiger partial charge in [0.15, 0.2) is 0 Å². The molecule has 106 valence electrons. The Bertz CT molecular complexity index is 725. The molecule has 0 radical (unpaired) electrons. The highest BCUT2D eigenvalue weighted by molar-refractivity contribution is 7.91. The van der Waals surface area contributed by atoms with Crippen molar-refractivity contribution in [3.05, 3.63) is 46.8 Å². The molecule has 0 saturated carbocycles. The van der Waals surface area contributed by atoms with E-state index in [1.807, 2.05) is 24.3 Å². The molecule has 0 fully saturated rings. The summed E-state index contributed by atoms with van der Waals surface area (Å²) in [5, 5.41) is 0. The number of ether oxygens (including phenoxy) is 1. The second-order valence-electron chi connectivity index (χ2n) is 4.45. The van der Waals surface area contributed by atoms with E-state index < -0.39 is 10.0 Å². The predicted molar refractivity (Wildman–Crippen MR) is 77.2 cm³/mol. The van der Waals surface area contributed by atoms with Crippen molar-refractivity contribution >= 4 is 21.4 Å². The number of thiophene rings is 1. The highest BCUT2D eigenvalue weighted by Crippen LogP contribution is 2.33. The van der Waals surface area contributed by atoms with E-state index in [1.165, 1.54) is 11.3 Å². The van der Waals surface area contributed by atoms with Gasteiger partial charge in [-0.3, -0.25) is 0 Å². The van der Waals surface area contributed by atoms with Gasteiger partial charge in [0.2, 0.25) is 0 Å². The van der Waals surface area contributed by atoms with Gasteiger partial charge in [0.1, 0.15) is 16.6 Å². The van der Waals surface area contributed by atoms with Gasteiger partial charge in [-0.15, -0.1) is 11.3 Å². The van der Waals surface area contributed by atoms with E-state index >= 15 is 0 Å². The van der Waals surface area contributed by atoms with Crippen LogP contribution >= 0.6 is 11.3 Å². The maximum Gasteiger partial charge on any atom is 0.250 e. The van der Waals surface area contributed by atoms with Crippen molar-refractivity contribution in [1.29, 1.82) is 0 Å². The maximum absolute atomic E-state index is 12.3. The summed E-state index contributed by atoms with van der Waals surface area (Å²) in [5.74, 6) is 0.731. The fourth-order valence-electron chi connectivity index (χ4n) is 2.12. The molecule has 1 aliphatic heterocycles. The van der Waals surface area contributed by atoms with E-state index in [-0.39, 0.29) is 10.3 Å². The number of nitrogens with two attached hydrogens (primary N) is 1. The zero-order valence-electron chi connectivity index (χ0n) is 10.6.